The van der Waals surface area contributed by atoms with Gasteiger partial charge in [-0.3, -0.25) is 0 Å². The Hall–Kier alpha value is -8.01. The van der Waals surface area contributed by atoms with Crippen LogP contribution >= 0.6 is 0 Å². The Balaban J connectivity index is 0.000000716. The number of fused-ring (bicyclic) bond motifs is 5. The lowest BCUT2D eigenvalue weighted by molar-refractivity contribution is 0.620. The van der Waals surface area contributed by atoms with Crippen molar-refractivity contribution in [3.8, 4) is 61.6 Å². The van der Waals surface area contributed by atoms with Gasteiger partial charge in [0.15, 0.2) is 5.58 Å². The molecule has 2 heterocycles. The molecule has 0 saturated heterocycles. The number of hydrogen-bond donors (Lipinski definition) is 0. The van der Waals surface area contributed by atoms with E-state index in [-0.39, 0.29) is 0 Å². The predicted molar refractivity (Wildman–Crippen MR) is 263 cm³/mol. The highest BCUT2D eigenvalue weighted by molar-refractivity contribution is 6.11. The van der Waals surface area contributed by atoms with Gasteiger partial charge < -0.3 is 8.98 Å². The highest BCUT2D eigenvalue weighted by atomic mass is 16.3. The van der Waals surface area contributed by atoms with Gasteiger partial charge in [-0.15, -0.1) is 0 Å². The average molecular weight is 797 g/mol. The molecule has 0 aliphatic heterocycles. The summed E-state index contributed by atoms with van der Waals surface area (Å²) in [7, 11) is 0. The molecule has 0 amide bonds. The third kappa shape index (κ3) is 7.10. The third-order valence-electron chi connectivity index (χ3n) is 11.5. The van der Waals surface area contributed by atoms with Gasteiger partial charge in [0.2, 0.25) is 5.89 Å². The third-order valence-corrected chi connectivity index (χ3v) is 11.5. The Kier molecular flexibility index (Phi) is 10.2. The second-order valence-corrected chi connectivity index (χ2v) is 15.6. The molecule has 0 N–H and O–H groups in total. The van der Waals surface area contributed by atoms with Crippen molar-refractivity contribution < 1.29 is 4.42 Å². The maximum atomic E-state index is 6.40. The lowest BCUT2D eigenvalue weighted by atomic mass is 9.89. The van der Waals surface area contributed by atoms with Crippen LogP contribution < -0.4 is 0 Å². The number of allylic oxidation sites excluding steroid dienone is 3. The molecule has 3 nitrogen and oxygen atoms in total. The molecule has 62 heavy (non-hydrogen) atoms. The number of hydrogen-bond acceptors (Lipinski definition) is 2. The van der Waals surface area contributed by atoms with E-state index in [1.807, 2.05) is 38.1 Å². The molecule has 0 aliphatic rings. The van der Waals surface area contributed by atoms with Crippen LogP contribution in [0, 0.1) is 0 Å². The topological polar surface area (TPSA) is 31.0 Å². The summed E-state index contributed by atoms with van der Waals surface area (Å²) in [5.41, 5.74) is 16.5. The molecule has 0 aliphatic carbocycles. The van der Waals surface area contributed by atoms with Gasteiger partial charge in [-0.25, -0.2) is 4.98 Å². The Bertz CT molecular complexity index is 3430. The van der Waals surface area contributed by atoms with Crippen LogP contribution in [0.3, 0.4) is 0 Å². The molecule has 0 saturated carbocycles. The minimum atomic E-state index is 0.613. The van der Waals surface area contributed by atoms with Crippen LogP contribution in [-0.2, 0) is 0 Å². The molecule has 0 unspecified atom stereocenters. The maximum Gasteiger partial charge on any atom is 0.227 e. The van der Waals surface area contributed by atoms with Crippen molar-refractivity contribution in [1.82, 2.24) is 9.55 Å². The van der Waals surface area contributed by atoms with Crippen LogP contribution in [0.2, 0.25) is 0 Å². The first-order valence-electron chi connectivity index (χ1n) is 21.1. The minimum Gasteiger partial charge on any atom is -0.436 e. The van der Waals surface area contributed by atoms with E-state index in [1.54, 1.807) is 0 Å². The van der Waals surface area contributed by atoms with Gasteiger partial charge in [-0.1, -0.05) is 182 Å². The zero-order valence-electron chi connectivity index (χ0n) is 34.8. The molecular formula is C59H44N2O. The fourth-order valence-electron chi connectivity index (χ4n) is 8.76. The van der Waals surface area contributed by atoms with E-state index in [2.05, 4.69) is 205 Å². The molecule has 0 spiro atoms. The molecule has 3 heteroatoms. The van der Waals surface area contributed by atoms with Crippen molar-refractivity contribution in [3.63, 3.8) is 0 Å². The lowest BCUT2D eigenvalue weighted by Gasteiger charge is -2.15. The maximum absolute atomic E-state index is 6.40. The molecular weight excluding hydrogens is 753 g/mol. The number of benzene rings is 9. The van der Waals surface area contributed by atoms with Crippen molar-refractivity contribution in [1.29, 1.82) is 0 Å². The number of oxazole rings is 1. The summed E-state index contributed by atoms with van der Waals surface area (Å²) in [6, 6.07) is 73.4. The standard InChI is InChI=1S/C53H34N2O.C6H10/c1-2-16-39(17-3-1)55-49-26-11-10-23-46(49)48-34-38(32-33-50(48)55)42-20-7-9-22-44(42)43-21-8-6-19-41(43)36-28-30-37(31-29-36)53-54-52-47(25-13-27-51(52)56-53)45-24-12-15-35-14-4-5-18-40(35)45;1-4-5-6(2)3/h1-34H;4-5H,2H2,1,3H3/b;5-4-. The molecule has 11 aromatic rings. The normalized spacial score (nSPS) is 11.4. The summed E-state index contributed by atoms with van der Waals surface area (Å²) < 4.78 is 8.77. The van der Waals surface area contributed by atoms with Crippen molar-refractivity contribution in [2.24, 2.45) is 0 Å². The second-order valence-electron chi connectivity index (χ2n) is 15.6. The summed E-state index contributed by atoms with van der Waals surface area (Å²) in [5, 5.41) is 4.89. The summed E-state index contributed by atoms with van der Waals surface area (Å²) in [4.78, 5) is 5.07. The van der Waals surface area contributed by atoms with Gasteiger partial charge in [0, 0.05) is 27.6 Å². The SMILES string of the molecule is C=C(C)/C=C\C.c1ccc(-n2c3ccccc3c3cc(-c4ccccc4-c4ccccc4-c4ccc(-c5nc6c(-c7cccc8ccccc78)cccc6o5)cc4)ccc32)cc1. The van der Waals surface area contributed by atoms with Gasteiger partial charge in [0.1, 0.15) is 5.52 Å². The van der Waals surface area contributed by atoms with E-state index in [0.717, 1.165) is 44.6 Å². The number of para-hydroxylation sites is 3. The molecule has 9 aromatic carbocycles. The summed E-state index contributed by atoms with van der Waals surface area (Å²) in [5.74, 6) is 0.613. The highest BCUT2D eigenvalue weighted by Gasteiger charge is 2.18. The molecule has 0 radical (unpaired) electrons. The number of aromatic nitrogens is 2. The minimum absolute atomic E-state index is 0.613. The van der Waals surface area contributed by atoms with Crippen LogP contribution in [0.4, 0.5) is 0 Å². The first-order chi connectivity index (χ1) is 30.6. The van der Waals surface area contributed by atoms with Crippen molar-refractivity contribution in [2.75, 3.05) is 0 Å². The zero-order valence-corrected chi connectivity index (χ0v) is 34.8. The molecule has 2 aromatic heterocycles. The Labute approximate surface area is 362 Å². The summed E-state index contributed by atoms with van der Waals surface area (Å²) in [6.45, 7) is 7.61. The molecule has 0 bridgehead atoms. The lowest BCUT2D eigenvalue weighted by Crippen LogP contribution is -1.93. The fourth-order valence-corrected chi connectivity index (χ4v) is 8.76. The Morgan fingerprint density at radius 3 is 1.76 bits per heavy atom. The predicted octanol–water partition coefficient (Wildman–Crippen LogP) is 16.6. The van der Waals surface area contributed by atoms with E-state index in [4.69, 9.17) is 9.40 Å². The Morgan fingerprint density at radius 1 is 0.484 bits per heavy atom. The van der Waals surface area contributed by atoms with Crippen molar-refractivity contribution in [3.05, 3.63) is 231 Å². The second kappa shape index (κ2) is 16.6. The first-order valence-corrected chi connectivity index (χ1v) is 21.1. The van der Waals surface area contributed by atoms with Gasteiger partial charge in [0.05, 0.1) is 11.0 Å². The molecule has 0 fully saturated rings. The van der Waals surface area contributed by atoms with E-state index in [0.29, 0.717) is 5.89 Å². The first kappa shape index (κ1) is 38.2. The van der Waals surface area contributed by atoms with Gasteiger partial charge in [-0.2, -0.15) is 0 Å². The van der Waals surface area contributed by atoms with Crippen LogP contribution in [0.5, 0.6) is 0 Å². The summed E-state index contributed by atoms with van der Waals surface area (Å²) in [6.07, 6.45) is 3.95. The van der Waals surface area contributed by atoms with E-state index in [1.165, 1.54) is 60.4 Å². The van der Waals surface area contributed by atoms with Gasteiger partial charge >= 0.3 is 0 Å². The van der Waals surface area contributed by atoms with Gasteiger partial charge in [-0.05, 0) is 112 Å². The Morgan fingerprint density at radius 2 is 1.03 bits per heavy atom. The van der Waals surface area contributed by atoms with E-state index >= 15 is 0 Å². The number of nitrogens with zero attached hydrogens (tertiary/aromatic N) is 2. The quantitative estimate of drug-likeness (QED) is 0.150. The number of rotatable bonds is 7. The summed E-state index contributed by atoms with van der Waals surface area (Å²) >= 11 is 0. The van der Waals surface area contributed by atoms with Crippen LogP contribution in [0.15, 0.2) is 235 Å². The molecule has 296 valence electrons. The van der Waals surface area contributed by atoms with E-state index in [9.17, 15) is 0 Å². The van der Waals surface area contributed by atoms with Crippen LogP contribution in [0.25, 0.3) is 105 Å². The van der Waals surface area contributed by atoms with Crippen LogP contribution in [0.1, 0.15) is 13.8 Å². The van der Waals surface area contributed by atoms with E-state index < -0.39 is 0 Å². The molecule has 0 atom stereocenters. The monoisotopic (exact) mass is 796 g/mol. The van der Waals surface area contributed by atoms with Crippen molar-refractivity contribution in [2.45, 2.75) is 13.8 Å². The zero-order chi connectivity index (χ0) is 42.0. The van der Waals surface area contributed by atoms with Crippen LogP contribution in [-0.4, -0.2) is 9.55 Å². The smallest absolute Gasteiger partial charge is 0.227 e. The van der Waals surface area contributed by atoms with Crippen molar-refractivity contribution >= 4 is 43.7 Å². The fraction of sp³-hybridized carbons (Fsp3) is 0.0339. The van der Waals surface area contributed by atoms with Gasteiger partial charge in [0.25, 0.3) is 0 Å². The molecule has 11 rings (SSSR count). The largest absolute Gasteiger partial charge is 0.436 e. The highest BCUT2D eigenvalue weighted by Crippen LogP contribution is 2.42. The average Bonchev–Trinajstić information content (AvgIpc) is 3.92.